The molecule has 1 aromatic heterocycles. The van der Waals surface area contributed by atoms with Gasteiger partial charge in [0.25, 0.3) is 5.56 Å². The van der Waals surface area contributed by atoms with Crippen LogP contribution < -0.4 is 5.56 Å². The SMILES string of the molecule is CCCCCn1cnc2c(C)c(C)ccc2c1=O. The third kappa shape index (κ3) is 2.30. The molecule has 96 valence electrons. The highest BCUT2D eigenvalue weighted by Gasteiger charge is 2.07. The lowest BCUT2D eigenvalue weighted by Gasteiger charge is -2.08. The van der Waals surface area contributed by atoms with Gasteiger partial charge in [-0.05, 0) is 37.5 Å². The Balaban J connectivity index is 2.45. The van der Waals surface area contributed by atoms with Gasteiger partial charge >= 0.3 is 0 Å². The molecule has 0 amide bonds. The van der Waals surface area contributed by atoms with Crippen molar-refractivity contribution in [1.29, 1.82) is 0 Å². The van der Waals surface area contributed by atoms with Gasteiger partial charge < -0.3 is 0 Å². The van der Waals surface area contributed by atoms with Crippen LogP contribution in [0.2, 0.25) is 0 Å². The van der Waals surface area contributed by atoms with Crippen LogP contribution in [0.4, 0.5) is 0 Å². The van der Waals surface area contributed by atoms with Crippen molar-refractivity contribution < 1.29 is 0 Å². The Labute approximate surface area is 107 Å². The van der Waals surface area contributed by atoms with Crippen molar-refractivity contribution in [1.82, 2.24) is 9.55 Å². The summed E-state index contributed by atoms with van der Waals surface area (Å²) >= 11 is 0. The first-order valence-electron chi connectivity index (χ1n) is 6.60. The van der Waals surface area contributed by atoms with E-state index in [0.717, 1.165) is 42.3 Å². The normalized spacial score (nSPS) is 11.1. The van der Waals surface area contributed by atoms with Crippen molar-refractivity contribution in [2.75, 3.05) is 0 Å². The summed E-state index contributed by atoms with van der Waals surface area (Å²) in [7, 11) is 0. The molecule has 0 unspecified atom stereocenters. The summed E-state index contributed by atoms with van der Waals surface area (Å²) in [5, 5.41) is 0.733. The van der Waals surface area contributed by atoms with Crippen molar-refractivity contribution in [3.8, 4) is 0 Å². The highest BCUT2D eigenvalue weighted by atomic mass is 16.1. The Morgan fingerprint density at radius 2 is 2.00 bits per heavy atom. The fourth-order valence-electron chi connectivity index (χ4n) is 2.17. The first-order valence-corrected chi connectivity index (χ1v) is 6.60. The summed E-state index contributed by atoms with van der Waals surface area (Å²) in [5.41, 5.74) is 3.20. The van der Waals surface area contributed by atoms with Crippen molar-refractivity contribution in [2.45, 2.75) is 46.6 Å². The lowest BCUT2D eigenvalue weighted by molar-refractivity contribution is 0.584. The lowest BCUT2D eigenvalue weighted by Crippen LogP contribution is -2.21. The molecule has 0 saturated heterocycles. The molecule has 0 fully saturated rings. The summed E-state index contributed by atoms with van der Waals surface area (Å²) in [5.74, 6) is 0. The van der Waals surface area contributed by atoms with Crippen LogP contribution in [0.5, 0.6) is 0 Å². The fraction of sp³-hybridized carbons (Fsp3) is 0.467. The van der Waals surface area contributed by atoms with E-state index in [1.165, 1.54) is 5.56 Å². The second kappa shape index (κ2) is 5.34. The van der Waals surface area contributed by atoms with E-state index in [1.54, 1.807) is 10.9 Å². The molecule has 3 heteroatoms. The van der Waals surface area contributed by atoms with Gasteiger partial charge in [-0.3, -0.25) is 9.36 Å². The predicted octanol–water partition coefficient (Wildman–Crippen LogP) is 3.20. The van der Waals surface area contributed by atoms with Crippen LogP contribution in [0.15, 0.2) is 23.3 Å². The maximum Gasteiger partial charge on any atom is 0.261 e. The van der Waals surface area contributed by atoms with E-state index in [9.17, 15) is 4.79 Å². The Bertz CT molecular complexity index is 614. The van der Waals surface area contributed by atoms with Crippen molar-refractivity contribution >= 4 is 10.9 Å². The largest absolute Gasteiger partial charge is 0.299 e. The molecule has 0 radical (unpaired) electrons. The molecule has 1 heterocycles. The molecule has 18 heavy (non-hydrogen) atoms. The molecule has 0 bridgehead atoms. The van der Waals surface area contributed by atoms with Gasteiger partial charge in [0.2, 0.25) is 0 Å². The molecule has 3 nitrogen and oxygen atoms in total. The predicted molar refractivity (Wildman–Crippen MR) is 75.0 cm³/mol. The van der Waals surface area contributed by atoms with E-state index < -0.39 is 0 Å². The number of fused-ring (bicyclic) bond motifs is 1. The van der Waals surface area contributed by atoms with Crippen LogP contribution in [-0.4, -0.2) is 9.55 Å². The van der Waals surface area contributed by atoms with Crippen molar-refractivity contribution in [2.24, 2.45) is 0 Å². The van der Waals surface area contributed by atoms with Gasteiger partial charge in [-0.15, -0.1) is 0 Å². The Kier molecular flexibility index (Phi) is 3.80. The zero-order valence-corrected chi connectivity index (χ0v) is 11.4. The molecule has 0 saturated carbocycles. The highest BCUT2D eigenvalue weighted by molar-refractivity contribution is 5.81. The first-order chi connectivity index (χ1) is 8.65. The number of aryl methyl sites for hydroxylation is 3. The van der Waals surface area contributed by atoms with Gasteiger partial charge in [0, 0.05) is 6.54 Å². The van der Waals surface area contributed by atoms with Crippen LogP contribution in [0.1, 0.15) is 37.3 Å². The number of hydrogen-bond donors (Lipinski definition) is 0. The smallest absolute Gasteiger partial charge is 0.261 e. The minimum absolute atomic E-state index is 0.0826. The first kappa shape index (κ1) is 12.8. The molecular weight excluding hydrogens is 224 g/mol. The number of nitrogens with zero attached hydrogens (tertiary/aromatic N) is 2. The van der Waals surface area contributed by atoms with Crippen LogP contribution in [0.25, 0.3) is 10.9 Å². The average Bonchev–Trinajstić information content (AvgIpc) is 2.37. The Morgan fingerprint density at radius 3 is 2.72 bits per heavy atom. The van der Waals surface area contributed by atoms with Crippen LogP contribution in [0, 0.1) is 13.8 Å². The zero-order valence-electron chi connectivity index (χ0n) is 11.4. The summed E-state index contributed by atoms with van der Waals surface area (Å²) in [4.78, 5) is 16.8. The summed E-state index contributed by atoms with van der Waals surface area (Å²) in [6, 6.07) is 3.89. The van der Waals surface area contributed by atoms with Gasteiger partial charge in [0.15, 0.2) is 0 Å². The highest BCUT2D eigenvalue weighted by Crippen LogP contribution is 2.16. The summed E-state index contributed by atoms with van der Waals surface area (Å²) in [6.45, 7) is 6.99. The van der Waals surface area contributed by atoms with Crippen molar-refractivity contribution in [3.63, 3.8) is 0 Å². The molecule has 0 N–H and O–H groups in total. The topological polar surface area (TPSA) is 34.9 Å². The van der Waals surface area contributed by atoms with Gasteiger partial charge in [0.05, 0.1) is 17.2 Å². The summed E-state index contributed by atoms with van der Waals surface area (Å²) < 4.78 is 1.73. The molecule has 2 rings (SSSR count). The second-order valence-electron chi connectivity index (χ2n) is 4.85. The number of benzene rings is 1. The molecule has 2 aromatic rings. The molecule has 0 aliphatic carbocycles. The van der Waals surface area contributed by atoms with Gasteiger partial charge in [-0.1, -0.05) is 25.8 Å². The quantitative estimate of drug-likeness (QED) is 0.774. The maximum atomic E-state index is 12.3. The van der Waals surface area contributed by atoms with E-state index >= 15 is 0 Å². The number of aromatic nitrogens is 2. The third-order valence-corrected chi connectivity index (χ3v) is 3.52. The third-order valence-electron chi connectivity index (χ3n) is 3.52. The molecule has 0 aliphatic rings. The summed E-state index contributed by atoms with van der Waals surface area (Å²) in [6.07, 6.45) is 5.03. The standard InChI is InChI=1S/C15H20N2O/c1-4-5-6-9-17-10-16-14-12(3)11(2)7-8-13(14)15(17)18/h7-8,10H,4-6,9H2,1-3H3. The minimum Gasteiger partial charge on any atom is -0.299 e. The zero-order chi connectivity index (χ0) is 13.1. The van der Waals surface area contributed by atoms with Gasteiger partial charge in [-0.25, -0.2) is 4.98 Å². The van der Waals surface area contributed by atoms with Gasteiger partial charge in [0.1, 0.15) is 0 Å². The minimum atomic E-state index is 0.0826. The molecule has 0 spiro atoms. The van der Waals surface area contributed by atoms with E-state index in [2.05, 4.69) is 11.9 Å². The number of unbranched alkanes of at least 4 members (excludes halogenated alkanes) is 2. The number of hydrogen-bond acceptors (Lipinski definition) is 2. The maximum absolute atomic E-state index is 12.3. The van der Waals surface area contributed by atoms with E-state index in [4.69, 9.17) is 0 Å². The average molecular weight is 244 g/mol. The van der Waals surface area contributed by atoms with Gasteiger partial charge in [-0.2, -0.15) is 0 Å². The van der Waals surface area contributed by atoms with E-state index in [0.29, 0.717) is 0 Å². The Hall–Kier alpha value is -1.64. The number of rotatable bonds is 4. The van der Waals surface area contributed by atoms with Crippen LogP contribution >= 0.6 is 0 Å². The van der Waals surface area contributed by atoms with Crippen LogP contribution in [0.3, 0.4) is 0 Å². The molecule has 0 atom stereocenters. The van der Waals surface area contributed by atoms with E-state index in [1.807, 2.05) is 26.0 Å². The second-order valence-corrected chi connectivity index (χ2v) is 4.85. The molecule has 1 aromatic carbocycles. The van der Waals surface area contributed by atoms with Crippen molar-refractivity contribution in [3.05, 3.63) is 39.9 Å². The molecule has 0 aliphatic heterocycles. The fourth-order valence-corrected chi connectivity index (χ4v) is 2.17. The van der Waals surface area contributed by atoms with Crippen LogP contribution in [-0.2, 0) is 6.54 Å². The van der Waals surface area contributed by atoms with E-state index in [-0.39, 0.29) is 5.56 Å². The monoisotopic (exact) mass is 244 g/mol. The Morgan fingerprint density at radius 1 is 1.22 bits per heavy atom. The molecular formula is C15H20N2O. The lowest BCUT2D eigenvalue weighted by atomic mass is 10.1.